The monoisotopic (exact) mass is 268 g/mol. The van der Waals surface area contributed by atoms with Gasteiger partial charge in [-0.25, -0.2) is 0 Å². The van der Waals surface area contributed by atoms with Crippen LogP contribution in [0.5, 0.6) is 0 Å². The van der Waals surface area contributed by atoms with Crippen LogP contribution in [0.4, 0.5) is 0 Å². The standard InChI is InChI=1S/C16H25ClO/c1-3-16(4-2,14-17)11-8-12-18-13-15-9-6-5-7-10-15/h5-7,9-10H,3-4,8,11-14H2,1-2H3. The van der Waals surface area contributed by atoms with E-state index in [0.717, 1.165) is 38.2 Å². The van der Waals surface area contributed by atoms with Crippen LogP contribution in [-0.4, -0.2) is 12.5 Å². The third-order valence-electron chi connectivity index (χ3n) is 3.89. The first-order valence-electron chi connectivity index (χ1n) is 6.94. The molecule has 0 fully saturated rings. The molecule has 18 heavy (non-hydrogen) atoms. The van der Waals surface area contributed by atoms with Gasteiger partial charge in [0.25, 0.3) is 0 Å². The van der Waals surface area contributed by atoms with Gasteiger partial charge in [-0.2, -0.15) is 0 Å². The molecule has 2 heteroatoms. The van der Waals surface area contributed by atoms with Gasteiger partial charge in [0.2, 0.25) is 0 Å². The molecule has 1 aromatic carbocycles. The van der Waals surface area contributed by atoms with E-state index in [2.05, 4.69) is 26.0 Å². The minimum atomic E-state index is 0.317. The van der Waals surface area contributed by atoms with Gasteiger partial charge in [0, 0.05) is 12.5 Å². The molecule has 0 saturated carbocycles. The fraction of sp³-hybridized carbons (Fsp3) is 0.625. The molecule has 1 aromatic rings. The first kappa shape index (κ1) is 15.5. The fourth-order valence-electron chi connectivity index (χ4n) is 2.17. The van der Waals surface area contributed by atoms with Gasteiger partial charge in [0.1, 0.15) is 0 Å². The van der Waals surface area contributed by atoms with Crippen LogP contribution in [0.15, 0.2) is 30.3 Å². The lowest BCUT2D eigenvalue weighted by atomic mass is 9.80. The highest BCUT2D eigenvalue weighted by atomic mass is 35.5. The summed E-state index contributed by atoms with van der Waals surface area (Å²) >= 11 is 6.09. The van der Waals surface area contributed by atoms with E-state index in [0.29, 0.717) is 12.0 Å². The molecule has 0 radical (unpaired) electrons. The Morgan fingerprint density at radius 3 is 2.33 bits per heavy atom. The predicted molar refractivity (Wildman–Crippen MR) is 79.1 cm³/mol. The first-order valence-corrected chi connectivity index (χ1v) is 7.47. The highest BCUT2D eigenvalue weighted by Crippen LogP contribution is 2.33. The van der Waals surface area contributed by atoms with Crippen LogP contribution in [0.3, 0.4) is 0 Å². The van der Waals surface area contributed by atoms with E-state index in [-0.39, 0.29) is 0 Å². The zero-order valence-corrected chi connectivity index (χ0v) is 12.4. The van der Waals surface area contributed by atoms with Crippen LogP contribution in [-0.2, 0) is 11.3 Å². The summed E-state index contributed by atoms with van der Waals surface area (Å²) in [6.45, 7) is 6.01. The summed E-state index contributed by atoms with van der Waals surface area (Å²) < 4.78 is 5.71. The second kappa shape index (κ2) is 8.55. The van der Waals surface area contributed by atoms with Crippen LogP contribution in [0.25, 0.3) is 0 Å². The van der Waals surface area contributed by atoms with Crippen molar-refractivity contribution >= 4 is 11.6 Å². The highest BCUT2D eigenvalue weighted by Gasteiger charge is 2.24. The zero-order valence-electron chi connectivity index (χ0n) is 11.6. The zero-order chi connectivity index (χ0) is 13.3. The minimum absolute atomic E-state index is 0.317. The molecule has 1 rings (SSSR count). The lowest BCUT2D eigenvalue weighted by molar-refractivity contribution is 0.105. The van der Waals surface area contributed by atoms with E-state index in [1.54, 1.807) is 0 Å². The summed E-state index contributed by atoms with van der Waals surface area (Å²) in [5, 5.41) is 0. The maximum Gasteiger partial charge on any atom is 0.0716 e. The van der Waals surface area contributed by atoms with Crippen molar-refractivity contribution in [3.05, 3.63) is 35.9 Å². The van der Waals surface area contributed by atoms with Crippen molar-refractivity contribution in [1.82, 2.24) is 0 Å². The van der Waals surface area contributed by atoms with Crippen molar-refractivity contribution in [2.24, 2.45) is 5.41 Å². The Morgan fingerprint density at radius 2 is 1.78 bits per heavy atom. The third-order valence-corrected chi connectivity index (χ3v) is 4.46. The Bertz CT molecular complexity index is 298. The molecule has 0 spiro atoms. The first-order chi connectivity index (χ1) is 8.76. The van der Waals surface area contributed by atoms with Gasteiger partial charge in [-0.1, -0.05) is 44.2 Å². The van der Waals surface area contributed by atoms with Crippen molar-refractivity contribution in [3.8, 4) is 0 Å². The molecular weight excluding hydrogens is 244 g/mol. The SMILES string of the molecule is CCC(CC)(CCl)CCCOCc1ccccc1. The molecule has 0 aromatic heterocycles. The molecule has 0 atom stereocenters. The van der Waals surface area contributed by atoms with Gasteiger partial charge in [-0.3, -0.25) is 0 Å². The smallest absolute Gasteiger partial charge is 0.0716 e. The molecular formula is C16H25ClO. The van der Waals surface area contributed by atoms with Crippen LogP contribution in [0, 0.1) is 5.41 Å². The number of rotatable bonds is 9. The molecule has 0 bridgehead atoms. The number of ether oxygens (including phenoxy) is 1. The summed E-state index contributed by atoms with van der Waals surface area (Å²) in [5.74, 6) is 0.763. The van der Waals surface area contributed by atoms with Crippen molar-refractivity contribution in [2.45, 2.75) is 46.1 Å². The predicted octanol–water partition coefficient (Wildman–Crippen LogP) is 5.03. The molecule has 0 aliphatic carbocycles. The van der Waals surface area contributed by atoms with Gasteiger partial charge in [0.15, 0.2) is 0 Å². The maximum atomic E-state index is 6.09. The van der Waals surface area contributed by atoms with E-state index >= 15 is 0 Å². The molecule has 0 heterocycles. The highest BCUT2D eigenvalue weighted by molar-refractivity contribution is 6.18. The van der Waals surface area contributed by atoms with E-state index in [9.17, 15) is 0 Å². The van der Waals surface area contributed by atoms with Crippen molar-refractivity contribution in [3.63, 3.8) is 0 Å². The van der Waals surface area contributed by atoms with Crippen molar-refractivity contribution in [1.29, 1.82) is 0 Å². The molecule has 0 aliphatic heterocycles. The van der Waals surface area contributed by atoms with Gasteiger partial charge in [-0.15, -0.1) is 11.6 Å². The Balaban J connectivity index is 2.18. The molecule has 0 N–H and O–H groups in total. The minimum Gasteiger partial charge on any atom is -0.377 e. The largest absolute Gasteiger partial charge is 0.377 e. The third kappa shape index (κ3) is 4.99. The van der Waals surface area contributed by atoms with Gasteiger partial charge >= 0.3 is 0 Å². The molecule has 0 aliphatic rings. The maximum absolute atomic E-state index is 6.09. The van der Waals surface area contributed by atoms with Crippen LogP contribution >= 0.6 is 11.6 Å². The molecule has 0 saturated heterocycles. The molecule has 1 nitrogen and oxygen atoms in total. The van der Waals surface area contributed by atoms with Gasteiger partial charge < -0.3 is 4.74 Å². The van der Waals surface area contributed by atoms with Gasteiger partial charge in [0.05, 0.1) is 6.61 Å². The normalized spacial score (nSPS) is 11.7. The Morgan fingerprint density at radius 1 is 1.11 bits per heavy atom. The van der Waals surface area contributed by atoms with Gasteiger partial charge in [-0.05, 0) is 36.7 Å². The van der Waals surface area contributed by atoms with E-state index in [1.165, 1.54) is 5.56 Å². The second-order valence-electron chi connectivity index (χ2n) is 4.98. The van der Waals surface area contributed by atoms with E-state index in [4.69, 9.17) is 16.3 Å². The van der Waals surface area contributed by atoms with Crippen LogP contribution in [0.1, 0.15) is 45.1 Å². The topological polar surface area (TPSA) is 9.23 Å². The Labute approximate surface area is 116 Å². The number of alkyl halides is 1. The Hall–Kier alpha value is -0.530. The Kier molecular flexibility index (Phi) is 7.38. The second-order valence-corrected chi connectivity index (χ2v) is 5.25. The summed E-state index contributed by atoms with van der Waals surface area (Å²) in [6, 6.07) is 10.3. The summed E-state index contributed by atoms with van der Waals surface area (Å²) in [5.41, 5.74) is 1.56. The lowest BCUT2D eigenvalue weighted by Crippen LogP contribution is -2.21. The van der Waals surface area contributed by atoms with E-state index in [1.807, 2.05) is 18.2 Å². The summed E-state index contributed by atoms with van der Waals surface area (Å²) in [6.07, 6.45) is 4.58. The number of benzene rings is 1. The average Bonchev–Trinajstić information content (AvgIpc) is 2.45. The number of hydrogen-bond donors (Lipinski definition) is 0. The van der Waals surface area contributed by atoms with Crippen molar-refractivity contribution in [2.75, 3.05) is 12.5 Å². The fourth-order valence-corrected chi connectivity index (χ4v) is 2.68. The summed E-state index contributed by atoms with van der Waals surface area (Å²) in [4.78, 5) is 0. The number of hydrogen-bond acceptors (Lipinski definition) is 1. The lowest BCUT2D eigenvalue weighted by Gasteiger charge is -2.29. The average molecular weight is 269 g/mol. The number of halogens is 1. The van der Waals surface area contributed by atoms with E-state index < -0.39 is 0 Å². The van der Waals surface area contributed by atoms with Crippen LogP contribution < -0.4 is 0 Å². The van der Waals surface area contributed by atoms with Crippen molar-refractivity contribution < 1.29 is 4.74 Å². The molecule has 102 valence electrons. The molecule has 0 amide bonds. The van der Waals surface area contributed by atoms with Crippen LogP contribution in [0.2, 0.25) is 0 Å². The molecule has 0 unspecified atom stereocenters. The quantitative estimate of drug-likeness (QED) is 0.451. The summed E-state index contributed by atoms with van der Waals surface area (Å²) in [7, 11) is 0.